The van der Waals surface area contributed by atoms with Gasteiger partial charge in [-0.2, -0.15) is 0 Å². The monoisotopic (exact) mass is 363 g/mol. The summed E-state index contributed by atoms with van der Waals surface area (Å²) in [6.07, 6.45) is 1.11. The first-order valence-electron chi connectivity index (χ1n) is 7.74. The van der Waals surface area contributed by atoms with Gasteiger partial charge in [-0.15, -0.1) is 0 Å². The lowest BCUT2D eigenvalue weighted by Crippen LogP contribution is -2.41. The molecular formula is C19H26BrNO. The topological polar surface area (TPSA) is 25.2 Å². The average molecular weight is 364 g/mol. The highest BCUT2D eigenvalue weighted by molar-refractivity contribution is 9.10. The molecule has 0 saturated carbocycles. The summed E-state index contributed by atoms with van der Waals surface area (Å²) in [6, 6.07) is 12.3. The standard InChI is InChI=1S/C19H26BrNO/c1-18(2,3)13-19(4,5)21-12-16-10-11-17(22-16)14-6-8-15(20)9-7-14/h6-11,21H,12-13H2,1-5H3. The minimum Gasteiger partial charge on any atom is -0.460 e. The summed E-state index contributed by atoms with van der Waals surface area (Å²) in [5.41, 5.74) is 1.49. The average Bonchev–Trinajstić information content (AvgIpc) is 2.83. The van der Waals surface area contributed by atoms with E-state index in [0.29, 0.717) is 5.41 Å². The second kappa shape index (κ2) is 6.59. The van der Waals surface area contributed by atoms with Crippen LogP contribution in [0.4, 0.5) is 0 Å². The van der Waals surface area contributed by atoms with Gasteiger partial charge in [0, 0.05) is 15.6 Å². The Hall–Kier alpha value is -1.06. The van der Waals surface area contributed by atoms with Crippen LogP contribution in [0, 0.1) is 5.41 Å². The molecule has 1 aromatic heterocycles. The highest BCUT2D eigenvalue weighted by Crippen LogP contribution is 2.28. The van der Waals surface area contributed by atoms with Gasteiger partial charge < -0.3 is 9.73 Å². The summed E-state index contributed by atoms with van der Waals surface area (Å²) in [5.74, 6) is 1.89. The van der Waals surface area contributed by atoms with Crippen molar-refractivity contribution in [1.29, 1.82) is 0 Å². The molecule has 0 radical (unpaired) electrons. The van der Waals surface area contributed by atoms with Crippen molar-refractivity contribution in [3.05, 3.63) is 46.6 Å². The van der Waals surface area contributed by atoms with Crippen LogP contribution >= 0.6 is 15.9 Å². The number of benzene rings is 1. The summed E-state index contributed by atoms with van der Waals surface area (Å²) < 4.78 is 7.03. The maximum Gasteiger partial charge on any atom is 0.134 e. The maximum atomic E-state index is 5.96. The lowest BCUT2D eigenvalue weighted by Gasteiger charge is -2.33. The Morgan fingerprint density at radius 1 is 0.955 bits per heavy atom. The van der Waals surface area contributed by atoms with Crippen LogP contribution in [0.2, 0.25) is 0 Å². The SMILES string of the molecule is CC(C)(C)CC(C)(C)NCc1ccc(-c2ccc(Br)cc2)o1. The summed E-state index contributed by atoms with van der Waals surface area (Å²) in [6.45, 7) is 12.1. The molecule has 1 heterocycles. The second-order valence-corrected chi connectivity index (χ2v) is 8.66. The van der Waals surface area contributed by atoms with Crippen molar-refractivity contribution < 1.29 is 4.42 Å². The molecule has 0 fully saturated rings. The van der Waals surface area contributed by atoms with Crippen molar-refractivity contribution in [3.63, 3.8) is 0 Å². The Morgan fingerprint density at radius 3 is 2.18 bits per heavy atom. The molecule has 0 saturated heterocycles. The fourth-order valence-corrected chi connectivity index (χ4v) is 3.22. The van der Waals surface area contributed by atoms with Crippen LogP contribution in [0.3, 0.4) is 0 Å². The summed E-state index contributed by atoms with van der Waals surface area (Å²) >= 11 is 3.45. The van der Waals surface area contributed by atoms with Gasteiger partial charge in [-0.1, -0.05) is 48.8 Å². The highest BCUT2D eigenvalue weighted by atomic mass is 79.9. The molecule has 2 aromatic rings. The van der Waals surface area contributed by atoms with Gasteiger partial charge in [-0.05, 0) is 49.9 Å². The number of nitrogens with one attached hydrogen (secondary N) is 1. The molecule has 2 rings (SSSR count). The van der Waals surface area contributed by atoms with E-state index in [4.69, 9.17) is 4.42 Å². The van der Waals surface area contributed by atoms with E-state index in [1.807, 2.05) is 18.2 Å². The van der Waals surface area contributed by atoms with Gasteiger partial charge in [0.1, 0.15) is 11.5 Å². The van der Waals surface area contributed by atoms with Gasteiger partial charge in [-0.25, -0.2) is 0 Å². The van der Waals surface area contributed by atoms with Crippen LogP contribution in [0.1, 0.15) is 46.8 Å². The van der Waals surface area contributed by atoms with E-state index >= 15 is 0 Å². The van der Waals surface area contributed by atoms with Crippen LogP contribution < -0.4 is 5.32 Å². The van der Waals surface area contributed by atoms with Crippen molar-refractivity contribution in [2.24, 2.45) is 5.41 Å². The van der Waals surface area contributed by atoms with Crippen molar-refractivity contribution in [1.82, 2.24) is 5.32 Å². The van der Waals surface area contributed by atoms with E-state index in [9.17, 15) is 0 Å². The Balaban J connectivity index is 1.99. The molecule has 0 aliphatic heterocycles. The first kappa shape index (κ1) is 17.3. The fourth-order valence-electron chi connectivity index (χ4n) is 2.96. The lowest BCUT2D eigenvalue weighted by atomic mass is 9.82. The van der Waals surface area contributed by atoms with Gasteiger partial charge in [-0.3, -0.25) is 0 Å². The van der Waals surface area contributed by atoms with Crippen molar-refractivity contribution in [2.45, 2.75) is 53.1 Å². The molecule has 0 atom stereocenters. The molecule has 0 aliphatic carbocycles. The molecule has 1 aromatic carbocycles. The highest BCUT2D eigenvalue weighted by Gasteiger charge is 2.25. The molecule has 0 bridgehead atoms. The van der Waals surface area contributed by atoms with Crippen LogP contribution in [0.5, 0.6) is 0 Å². The number of rotatable bonds is 5. The normalized spacial score (nSPS) is 12.6. The van der Waals surface area contributed by atoms with Gasteiger partial charge >= 0.3 is 0 Å². The van der Waals surface area contributed by atoms with E-state index in [1.165, 1.54) is 0 Å². The van der Waals surface area contributed by atoms with Gasteiger partial charge in [0.2, 0.25) is 0 Å². The summed E-state index contributed by atoms with van der Waals surface area (Å²) in [4.78, 5) is 0. The predicted molar refractivity (Wildman–Crippen MR) is 96.8 cm³/mol. The minimum absolute atomic E-state index is 0.0861. The Morgan fingerprint density at radius 2 is 1.59 bits per heavy atom. The van der Waals surface area contributed by atoms with Crippen LogP contribution in [0.15, 0.2) is 45.3 Å². The number of hydrogen-bond acceptors (Lipinski definition) is 2. The Bertz CT molecular complexity index is 605. The van der Waals surface area contributed by atoms with Crippen molar-refractivity contribution in [2.75, 3.05) is 0 Å². The molecule has 1 N–H and O–H groups in total. The third-order valence-electron chi connectivity index (χ3n) is 3.50. The fraction of sp³-hybridized carbons (Fsp3) is 0.474. The van der Waals surface area contributed by atoms with E-state index in [-0.39, 0.29) is 5.54 Å². The predicted octanol–water partition coefficient (Wildman–Crippen LogP) is 6.01. The number of hydrogen-bond donors (Lipinski definition) is 1. The largest absolute Gasteiger partial charge is 0.460 e. The molecular weight excluding hydrogens is 338 g/mol. The first-order valence-corrected chi connectivity index (χ1v) is 8.54. The minimum atomic E-state index is 0.0861. The van der Waals surface area contributed by atoms with Crippen LogP contribution in [-0.4, -0.2) is 5.54 Å². The van der Waals surface area contributed by atoms with Gasteiger partial charge in [0.15, 0.2) is 0 Å². The lowest BCUT2D eigenvalue weighted by molar-refractivity contribution is 0.236. The van der Waals surface area contributed by atoms with Crippen molar-refractivity contribution in [3.8, 4) is 11.3 Å². The zero-order valence-corrected chi connectivity index (χ0v) is 15.8. The summed E-state index contributed by atoms with van der Waals surface area (Å²) in [5, 5.41) is 3.60. The zero-order chi connectivity index (χ0) is 16.4. The van der Waals surface area contributed by atoms with E-state index in [0.717, 1.165) is 34.5 Å². The molecule has 2 nitrogen and oxygen atoms in total. The van der Waals surface area contributed by atoms with Crippen molar-refractivity contribution >= 4 is 15.9 Å². The Labute approximate surface area is 142 Å². The van der Waals surface area contributed by atoms with E-state index in [2.05, 4.69) is 74.1 Å². The number of halogens is 1. The zero-order valence-electron chi connectivity index (χ0n) is 14.2. The van der Waals surface area contributed by atoms with Gasteiger partial charge in [0.25, 0.3) is 0 Å². The quantitative estimate of drug-likeness (QED) is 0.702. The van der Waals surface area contributed by atoms with E-state index < -0.39 is 0 Å². The molecule has 0 unspecified atom stereocenters. The second-order valence-electron chi connectivity index (χ2n) is 7.75. The molecule has 0 amide bonds. The molecule has 22 heavy (non-hydrogen) atoms. The van der Waals surface area contributed by atoms with Crippen LogP contribution in [0.25, 0.3) is 11.3 Å². The van der Waals surface area contributed by atoms with E-state index in [1.54, 1.807) is 0 Å². The van der Waals surface area contributed by atoms with Gasteiger partial charge in [0.05, 0.1) is 6.54 Å². The first-order chi connectivity index (χ1) is 10.1. The molecule has 0 spiro atoms. The van der Waals surface area contributed by atoms with Crippen LogP contribution in [-0.2, 0) is 6.54 Å². The smallest absolute Gasteiger partial charge is 0.134 e. The molecule has 3 heteroatoms. The Kier molecular flexibility index (Phi) is 5.18. The number of furan rings is 1. The maximum absolute atomic E-state index is 5.96. The third-order valence-corrected chi connectivity index (χ3v) is 4.03. The summed E-state index contributed by atoms with van der Waals surface area (Å²) in [7, 11) is 0. The molecule has 120 valence electrons. The molecule has 0 aliphatic rings. The third kappa shape index (κ3) is 5.29.